The van der Waals surface area contributed by atoms with Crippen LogP contribution in [0.4, 0.5) is 5.82 Å². The predicted molar refractivity (Wildman–Crippen MR) is 132 cm³/mol. The van der Waals surface area contributed by atoms with Crippen molar-refractivity contribution in [3.05, 3.63) is 40.4 Å². The number of nitrogens with zero attached hydrogens (tertiary/aromatic N) is 6. The van der Waals surface area contributed by atoms with Gasteiger partial charge in [0.2, 0.25) is 5.91 Å². The van der Waals surface area contributed by atoms with Gasteiger partial charge in [-0.1, -0.05) is 41.8 Å². The number of rotatable bonds is 5. The van der Waals surface area contributed by atoms with Crippen molar-refractivity contribution in [3.8, 4) is 11.3 Å². The van der Waals surface area contributed by atoms with Crippen LogP contribution in [0, 0.1) is 0 Å². The molecule has 176 valence electrons. The monoisotopic (exact) mass is 488 g/mol. The lowest BCUT2D eigenvalue weighted by molar-refractivity contribution is -0.134. The highest BCUT2D eigenvalue weighted by Gasteiger charge is 2.30. The molecule has 0 spiro atoms. The minimum absolute atomic E-state index is 0.263. The zero-order chi connectivity index (χ0) is 22.8. The Bertz CT molecular complexity index is 967. The van der Waals surface area contributed by atoms with Crippen LogP contribution in [0.5, 0.6) is 0 Å². The van der Waals surface area contributed by atoms with E-state index < -0.39 is 0 Å². The summed E-state index contributed by atoms with van der Waals surface area (Å²) in [5.74, 6) is 1.11. The van der Waals surface area contributed by atoms with Crippen LogP contribution in [-0.4, -0.2) is 95.7 Å². The summed E-state index contributed by atoms with van der Waals surface area (Å²) in [5.41, 5.74) is 1.48. The molecule has 0 unspecified atom stereocenters. The van der Waals surface area contributed by atoms with Crippen LogP contribution in [-0.2, 0) is 4.79 Å². The summed E-state index contributed by atoms with van der Waals surface area (Å²) >= 11 is 12.4. The standard InChI is InChI=1S/C24H30Cl2N6O/c25-20-6-2-5-19(24(20)26)21-7-8-22(28-27-21)31-11-9-29(10-12-31)17-23(33)32-15-13-30(14-16-32)18-3-1-4-18/h2,5-8,18H,1,3-4,9-17H2. The maximum atomic E-state index is 12.8. The molecule has 0 bridgehead atoms. The Hall–Kier alpha value is -1.93. The van der Waals surface area contributed by atoms with Gasteiger partial charge in [-0.2, -0.15) is 0 Å². The molecule has 2 aliphatic heterocycles. The number of anilines is 1. The molecule has 9 heteroatoms. The van der Waals surface area contributed by atoms with Gasteiger partial charge in [-0.05, 0) is 31.0 Å². The molecular weight excluding hydrogens is 459 g/mol. The first-order valence-corrected chi connectivity index (χ1v) is 12.6. The molecule has 0 N–H and O–H groups in total. The largest absolute Gasteiger partial charge is 0.353 e. The fourth-order valence-electron chi connectivity index (χ4n) is 4.85. The molecule has 1 aromatic heterocycles. The van der Waals surface area contributed by atoms with Gasteiger partial charge >= 0.3 is 0 Å². The zero-order valence-electron chi connectivity index (χ0n) is 18.8. The van der Waals surface area contributed by atoms with Crippen LogP contribution >= 0.6 is 23.2 Å². The number of carbonyl (C=O) groups excluding carboxylic acids is 1. The van der Waals surface area contributed by atoms with E-state index in [4.69, 9.17) is 23.2 Å². The summed E-state index contributed by atoms with van der Waals surface area (Å²) in [6.45, 7) is 7.65. The van der Waals surface area contributed by atoms with E-state index in [1.165, 1.54) is 19.3 Å². The van der Waals surface area contributed by atoms with Gasteiger partial charge in [0.1, 0.15) is 0 Å². The highest BCUT2D eigenvalue weighted by molar-refractivity contribution is 6.43. The summed E-state index contributed by atoms with van der Waals surface area (Å²) in [4.78, 5) is 21.9. The van der Waals surface area contributed by atoms with Crippen molar-refractivity contribution < 1.29 is 4.79 Å². The quantitative estimate of drug-likeness (QED) is 0.643. The highest BCUT2D eigenvalue weighted by Crippen LogP contribution is 2.32. The molecule has 1 amide bonds. The summed E-state index contributed by atoms with van der Waals surface area (Å²) in [6.07, 6.45) is 4.03. The van der Waals surface area contributed by atoms with Gasteiger partial charge in [-0.3, -0.25) is 14.6 Å². The van der Waals surface area contributed by atoms with Crippen molar-refractivity contribution >= 4 is 34.9 Å². The van der Waals surface area contributed by atoms with Crippen molar-refractivity contribution in [1.29, 1.82) is 0 Å². The molecule has 33 heavy (non-hydrogen) atoms. The molecule has 3 fully saturated rings. The molecule has 1 saturated carbocycles. The lowest BCUT2D eigenvalue weighted by Gasteiger charge is -2.43. The highest BCUT2D eigenvalue weighted by atomic mass is 35.5. The molecule has 1 aliphatic carbocycles. The average molecular weight is 489 g/mol. The fourth-order valence-corrected chi connectivity index (χ4v) is 5.25. The van der Waals surface area contributed by atoms with Gasteiger partial charge in [0.05, 0.1) is 22.3 Å². The van der Waals surface area contributed by atoms with E-state index in [0.29, 0.717) is 22.3 Å². The number of benzene rings is 1. The molecular formula is C24H30Cl2N6O. The second kappa shape index (κ2) is 10.1. The van der Waals surface area contributed by atoms with Crippen molar-refractivity contribution in [2.24, 2.45) is 0 Å². The van der Waals surface area contributed by atoms with Crippen LogP contribution in [0.15, 0.2) is 30.3 Å². The number of piperazine rings is 2. The summed E-state index contributed by atoms with van der Waals surface area (Å²) < 4.78 is 0. The Morgan fingerprint density at radius 3 is 2.30 bits per heavy atom. The van der Waals surface area contributed by atoms with Crippen molar-refractivity contribution in [1.82, 2.24) is 24.9 Å². The van der Waals surface area contributed by atoms with Crippen LogP contribution < -0.4 is 4.90 Å². The second-order valence-corrected chi connectivity index (χ2v) is 9.93. The van der Waals surface area contributed by atoms with E-state index in [1.54, 1.807) is 6.07 Å². The van der Waals surface area contributed by atoms with Gasteiger partial charge in [0.15, 0.2) is 5.82 Å². The minimum atomic E-state index is 0.263. The molecule has 0 radical (unpaired) electrons. The third kappa shape index (κ3) is 5.11. The van der Waals surface area contributed by atoms with Crippen LogP contribution in [0.25, 0.3) is 11.3 Å². The Kier molecular flexibility index (Phi) is 7.02. The van der Waals surface area contributed by atoms with E-state index in [1.807, 2.05) is 29.2 Å². The minimum Gasteiger partial charge on any atom is -0.353 e. The average Bonchev–Trinajstić information content (AvgIpc) is 2.81. The number of amides is 1. The lowest BCUT2D eigenvalue weighted by Crippen LogP contribution is -2.56. The number of carbonyl (C=O) groups is 1. The topological polar surface area (TPSA) is 55.8 Å². The Labute approximate surface area is 205 Å². The third-order valence-corrected chi connectivity index (χ3v) is 8.01. The fraction of sp³-hybridized carbons (Fsp3) is 0.542. The first-order chi connectivity index (χ1) is 16.1. The molecule has 1 aromatic carbocycles. The van der Waals surface area contributed by atoms with Gasteiger partial charge in [0, 0.05) is 64.0 Å². The molecule has 3 aliphatic rings. The number of halogens is 2. The molecule has 2 aromatic rings. The smallest absolute Gasteiger partial charge is 0.236 e. The normalized spacial score (nSPS) is 20.7. The summed E-state index contributed by atoms with van der Waals surface area (Å²) in [7, 11) is 0. The molecule has 0 atom stereocenters. The van der Waals surface area contributed by atoms with Crippen LogP contribution in [0.2, 0.25) is 10.0 Å². The number of hydrogen-bond donors (Lipinski definition) is 0. The van der Waals surface area contributed by atoms with Gasteiger partial charge in [0.25, 0.3) is 0 Å². The molecule has 2 saturated heterocycles. The van der Waals surface area contributed by atoms with E-state index in [9.17, 15) is 4.79 Å². The number of aromatic nitrogens is 2. The van der Waals surface area contributed by atoms with Crippen molar-refractivity contribution in [2.75, 3.05) is 63.8 Å². The maximum absolute atomic E-state index is 12.8. The molecule has 3 heterocycles. The van der Waals surface area contributed by atoms with E-state index in [0.717, 1.165) is 69.8 Å². The second-order valence-electron chi connectivity index (χ2n) is 9.14. The maximum Gasteiger partial charge on any atom is 0.236 e. The summed E-state index contributed by atoms with van der Waals surface area (Å²) in [5, 5.41) is 9.78. The Morgan fingerprint density at radius 1 is 0.909 bits per heavy atom. The first-order valence-electron chi connectivity index (χ1n) is 11.9. The third-order valence-electron chi connectivity index (χ3n) is 7.19. The van der Waals surface area contributed by atoms with Crippen molar-refractivity contribution in [2.45, 2.75) is 25.3 Å². The molecule has 7 nitrogen and oxygen atoms in total. The first kappa shape index (κ1) is 22.8. The van der Waals surface area contributed by atoms with Gasteiger partial charge in [-0.25, -0.2) is 0 Å². The van der Waals surface area contributed by atoms with Gasteiger partial charge in [-0.15, -0.1) is 10.2 Å². The number of hydrogen-bond acceptors (Lipinski definition) is 6. The van der Waals surface area contributed by atoms with Crippen LogP contribution in [0.3, 0.4) is 0 Å². The van der Waals surface area contributed by atoms with Crippen LogP contribution in [0.1, 0.15) is 19.3 Å². The van der Waals surface area contributed by atoms with Crippen molar-refractivity contribution in [3.63, 3.8) is 0 Å². The predicted octanol–water partition coefficient (Wildman–Crippen LogP) is 3.27. The van der Waals surface area contributed by atoms with E-state index >= 15 is 0 Å². The Morgan fingerprint density at radius 2 is 1.67 bits per heavy atom. The SMILES string of the molecule is O=C(CN1CCN(c2ccc(-c3cccc(Cl)c3Cl)nn2)CC1)N1CCN(C2CCC2)CC1. The Balaban J connectivity index is 1.10. The lowest BCUT2D eigenvalue weighted by atomic mass is 9.91. The van der Waals surface area contributed by atoms with Gasteiger partial charge < -0.3 is 9.80 Å². The zero-order valence-corrected chi connectivity index (χ0v) is 20.3. The van der Waals surface area contributed by atoms with E-state index in [2.05, 4.69) is 24.9 Å². The summed E-state index contributed by atoms with van der Waals surface area (Å²) in [6, 6.07) is 10.2. The molecule has 5 rings (SSSR count). The van der Waals surface area contributed by atoms with E-state index in [-0.39, 0.29) is 5.91 Å².